The Labute approximate surface area is 132 Å². The highest BCUT2D eigenvalue weighted by Crippen LogP contribution is 2.25. The van der Waals surface area contributed by atoms with Crippen molar-refractivity contribution in [3.05, 3.63) is 28.5 Å². The van der Waals surface area contributed by atoms with Gasteiger partial charge in [-0.25, -0.2) is 4.39 Å². The van der Waals surface area contributed by atoms with Crippen molar-refractivity contribution in [1.29, 1.82) is 0 Å². The fourth-order valence-corrected chi connectivity index (χ4v) is 2.49. The van der Waals surface area contributed by atoms with Gasteiger partial charge in [-0.05, 0) is 53.4 Å². The summed E-state index contributed by atoms with van der Waals surface area (Å²) in [5.41, 5.74) is -0.944. The predicted molar refractivity (Wildman–Crippen MR) is 82.7 cm³/mol. The van der Waals surface area contributed by atoms with Crippen molar-refractivity contribution in [2.24, 2.45) is 5.92 Å². The molecule has 1 unspecified atom stereocenters. The molecule has 0 saturated carbocycles. The van der Waals surface area contributed by atoms with Gasteiger partial charge in [0.25, 0.3) is 5.91 Å². The molecule has 1 amide bonds. The Kier molecular flexibility index (Phi) is 6.61. The first-order valence-electron chi connectivity index (χ1n) is 6.76. The summed E-state index contributed by atoms with van der Waals surface area (Å²) in [6.45, 7) is 5.67. The molecule has 6 heteroatoms. The molecule has 1 atom stereocenters. The number of benzene rings is 1. The second-order valence-corrected chi connectivity index (χ2v) is 6.59. The van der Waals surface area contributed by atoms with E-state index >= 15 is 0 Å². The second kappa shape index (κ2) is 7.75. The number of amides is 1. The molecule has 4 nitrogen and oxygen atoms in total. The molecule has 0 spiro atoms. The number of ether oxygens (including phenoxy) is 1. The zero-order valence-corrected chi connectivity index (χ0v) is 14.0. The van der Waals surface area contributed by atoms with E-state index in [4.69, 9.17) is 4.74 Å². The normalized spacial score (nSPS) is 13.9. The molecule has 1 rings (SSSR count). The lowest BCUT2D eigenvalue weighted by molar-refractivity contribution is -0.124. The number of aliphatic hydroxyl groups is 1. The fourth-order valence-electron chi connectivity index (χ4n) is 2.03. The first-order valence-corrected chi connectivity index (χ1v) is 7.56. The van der Waals surface area contributed by atoms with Crippen LogP contribution in [0.1, 0.15) is 27.2 Å². The van der Waals surface area contributed by atoms with Gasteiger partial charge in [0.05, 0.1) is 10.1 Å². The number of hydrogen-bond donors (Lipinski definition) is 2. The van der Waals surface area contributed by atoms with Gasteiger partial charge < -0.3 is 15.2 Å². The number of carbonyl (C=O) groups excluding carboxylic acids is 1. The minimum absolute atomic E-state index is 0.165. The summed E-state index contributed by atoms with van der Waals surface area (Å²) in [4.78, 5) is 11.7. The Morgan fingerprint density at radius 1 is 1.52 bits per heavy atom. The second-order valence-electron chi connectivity index (χ2n) is 5.74. The van der Waals surface area contributed by atoms with E-state index in [9.17, 15) is 14.3 Å². The number of halogens is 2. The molecule has 0 fully saturated rings. The lowest BCUT2D eigenvalue weighted by Crippen LogP contribution is -2.43. The van der Waals surface area contributed by atoms with Crippen molar-refractivity contribution in [2.75, 3.05) is 13.2 Å². The van der Waals surface area contributed by atoms with E-state index in [2.05, 4.69) is 21.2 Å². The summed E-state index contributed by atoms with van der Waals surface area (Å²) in [6, 6.07) is 3.97. The van der Waals surface area contributed by atoms with Crippen LogP contribution in [0.5, 0.6) is 5.75 Å². The summed E-state index contributed by atoms with van der Waals surface area (Å²) >= 11 is 3.16. The molecule has 1 aromatic rings. The molecule has 0 aliphatic heterocycles. The van der Waals surface area contributed by atoms with Crippen molar-refractivity contribution in [2.45, 2.75) is 32.8 Å². The van der Waals surface area contributed by atoms with Crippen LogP contribution in [0.4, 0.5) is 4.39 Å². The molecule has 0 bridgehead atoms. The Bertz CT molecular complexity index is 492. The highest BCUT2D eigenvalue weighted by atomic mass is 79.9. The van der Waals surface area contributed by atoms with E-state index in [0.29, 0.717) is 22.6 Å². The quantitative estimate of drug-likeness (QED) is 0.784. The van der Waals surface area contributed by atoms with Crippen LogP contribution in [-0.2, 0) is 4.79 Å². The van der Waals surface area contributed by atoms with E-state index in [1.807, 2.05) is 13.8 Å². The average molecular weight is 362 g/mol. The fraction of sp³-hybridized carbons (Fsp3) is 0.533. The average Bonchev–Trinajstić information content (AvgIpc) is 2.34. The minimum atomic E-state index is -0.944. The Morgan fingerprint density at radius 2 is 2.19 bits per heavy atom. The van der Waals surface area contributed by atoms with E-state index in [1.54, 1.807) is 6.92 Å². The van der Waals surface area contributed by atoms with Crippen molar-refractivity contribution in [3.63, 3.8) is 0 Å². The molecule has 118 valence electrons. The first kappa shape index (κ1) is 17.9. The van der Waals surface area contributed by atoms with Gasteiger partial charge in [-0.15, -0.1) is 0 Å². The van der Waals surface area contributed by atoms with E-state index < -0.39 is 5.60 Å². The van der Waals surface area contributed by atoms with Gasteiger partial charge in [0, 0.05) is 6.54 Å². The summed E-state index contributed by atoms with van der Waals surface area (Å²) < 4.78 is 18.6. The van der Waals surface area contributed by atoms with Crippen molar-refractivity contribution in [1.82, 2.24) is 5.32 Å². The molecule has 0 saturated heterocycles. The lowest BCUT2D eigenvalue weighted by Gasteiger charge is -2.25. The smallest absolute Gasteiger partial charge is 0.258 e. The maximum absolute atomic E-state index is 12.9. The SMILES string of the molecule is CC(C)CC(C)(O)CNC(=O)COc1ccc(F)cc1Br. The molecule has 21 heavy (non-hydrogen) atoms. The Hall–Kier alpha value is -1.14. The van der Waals surface area contributed by atoms with E-state index in [1.165, 1.54) is 18.2 Å². The first-order chi connectivity index (χ1) is 9.69. The van der Waals surface area contributed by atoms with Crippen molar-refractivity contribution in [3.8, 4) is 5.75 Å². The van der Waals surface area contributed by atoms with Crippen LogP contribution in [0.2, 0.25) is 0 Å². The summed E-state index contributed by atoms with van der Waals surface area (Å²) in [5, 5.41) is 12.7. The Balaban J connectivity index is 2.41. The summed E-state index contributed by atoms with van der Waals surface area (Å²) in [6.07, 6.45) is 0.595. The van der Waals surface area contributed by atoms with Crippen molar-refractivity contribution >= 4 is 21.8 Å². The number of hydrogen-bond acceptors (Lipinski definition) is 3. The number of carbonyl (C=O) groups is 1. The van der Waals surface area contributed by atoms with Crippen LogP contribution in [-0.4, -0.2) is 29.8 Å². The molecule has 1 aromatic carbocycles. The van der Waals surface area contributed by atoms with Crippen LogP contribution >= 0.6 is 15.9 Å². The molecular weight excluding hydrogens is 341 g/mol. The predicted octanol–water partition coefficient (Wildman–Crippen LogP) is 2.88. The van der Waals surface area contributed by atoms with Gasteiger partial charge in [0.15, 0.2) is 6.61 Å². The Morgan fingerprint density at radius 3 is 2.76 bits per heavy atom. The molecule has 0 aliphatic carbocycles. The molecule has 2 N–H and O–H groups in total. The van der Waals surface area contributed by atoms with E-state index in [0.717, 1.165) is 0 Å². The minimum Gasteiger partial charge on any atom is -0.483 e. The van der Waals surface area contributed by atoms with Crippen LogP contribution in [0.3, 0.4) is 0 Å². The third-order valence-electron chi connectivity index (χ3n) is 2.77. The van der Waals surface area contributed by atoms with Gasteiger partial charge >= 0.3 is 0 Å². The van der Waals surface area contributed by atoms with Crippen LogP contribution < -0.4 is 10.1 Å². The monoisotopic (exact) mass is 361 g/mol. The largest absolute Gasteiger partial charge is 0.483 e. The van der Waals surface area contributed by atoms with Gasteiger partial charge in [-0.2, -0.15) is 0 Å². The summed E-state index contributed by atoms with van der Waals surface area (Å²) in [5.74, 6) is 0.00229. The topological polar surface area (TPSA) is 58.6 Å². The zero-order valence-electron chi connectivity index (χ0n) is 12.5. The van der Waals surface area contributed by atoms with Gasteiger partial charge in [0.1, 0.15) is 11.6 Å². The standard InChI is InChI=1S/C15H21BrFNO3/c1-10(2)7-15(3,20)9-18-14(19)8-21-13-5-4-11(17)6-12(13)16/h4-6,10,20H,7-9H2,1-3H3,(H,18,19). The van der Waals surface area contributed by atoms with Crippen LogP contribution in [0, 0.1) is 11.7 Å². The summed E-state index contributed by atoms with van der Waals surface area (Å²) in [7, 11) is 0. The van der Waals surface area contributed by atoms with Gasteiger partial charge in [-0.3, -0.25) is 4.79 Å². The van der Waals surface area contributed by atoms with Gasteiger partial charge in [-0.1, -0.05) is 13.8 Å². The third-order valence-corrected chi connectivity index (χ3v) is 3.39. The van der Waals surface area contributed by atoms with Gasteiger partial charge in [0.2, 0.25) is 0 Å². The molecule has 0 heterocycles. The zero-order chi connectivity index (χ0) is 16.0. The lowest BCUT2D eigenvalue weighted by atomic mass is 9.94. The highest BCUT2D eigenvalue weighted by molar-refractivity contribution is 9.10. The molecule has 0 aromatic heterocycles. The maximum Gasteiger partial charge on any atom is 0.258 e. The number of rotatable bonds is 7. The van der Waals surface area contributed by atoms with Crippen LogP contribution in [0.25, 0.3) is 0 Å². The molecule has 0 radical (unpaired) electrons. The third kappa shape index (κ3) is 6.91. The maximum atomic E-state index is 12.9. The number of nitrogens with one attached hydrogen (secondary N) is 1. The van der Waals surface area contributed by atoms with E-state index in [-0.39, 0.29) is 24.9 Å². The van der Waals surface area contributed by atoms with Crippen molar-refractivity contribution < 1.29 is 19.0 Å². The van der Waals surface area contributed by atoms with Crippen LogP contribution in [0.15, 0.2) is 22.7 Å². The molecular formula is C15H21BrFNO3. The highest BCUT2D eigenvalue weighted by Gasteiger charge is 2.22. The molecule has 0 aliphatic rings.